The molecule has 0 aliphatic heterocycles. The van der Waals surface area contributed by atoms with E-state index < -0.39 is 0 Å². The van der Waals surface area contributed by atoms with Crippen LogP contribution in [-0.4, -0.2) is 19.1 Å². The number of aromatic nitrogens is 4. The summed E-state index contributed by atoms with van der Waals surface area (Å²) in [4.78, 5) is 8.73. The third-order valence-corrected chi connectivity index (χ3v) is 3.34. The van der Waals surface area contributed by atoms with Crippen LogP contribution >= 0.6 is 0 Å². The quantitative estimate of drug-likeness (QED) is 0.775. The molecule has 0 aliphatic rings. The van der Waals surface area contributed by atoms with Gasteiger partial charge in [-0.3, -0.25) is 0 Å². The molecule has 0 aliphatic carbocycles. The number of nitrogens with zero attached hydrogens (tertiary/aromatic N) is 4. The first kappa shape index (κ1) is 11.9. The van der Waals surface area contributed by atoms with E-state index in [4.69, 9.17) is 5.73 Å². The number of para-hydroxylation sites is 2. The van der Waals surface area contributed by atoms with Crippen molar-refractivity contribution < 1.29 is 0 Å². The Bertz CT molecular complexity index is 682. The molecule has 0 radical (unpaired) electrons. The summed E-state index contributed by atoms with van der Waals surface area (Å²) in [7, 11) is 0. The van der Waals surface area contributed by atoms with Gasteiger partial charge in [-0.15, -0.1) is 0 Å². The SMILES string of the molecule is CCn1ccnc1C(N)Cn1cnc2ccccc21. The molecule has 5 nitrogen and oxygen atoms in total. The Hall–Kier alpha value is -2.14. The molecule has 2 aromatic heterocycles. The Morgan fingerprint density at radius 3 is 2.89 bits per heavy atom. The van der Waals surface area contributed by atoms with Crippen LogP contribution in [0.3, 0.4) is 0 Å². The standard InChI is InChI=1S/C14H17N5/c1-2-18-8-7-16-14(18)11(15)9-19-10-17-12-5-3-4-6-13(12)19/h3-8,10-11H,2,9,15H2,1H3. The fourth-order valence-electron chi connectivity index (χ4n) is 2.37. The van der Waals surface area contributed by atoms with Crippen LogP contribution in [0.25, 0.3) is 11.0 Å². The molecule has 19 heavy (non-hydrogen) atoms. The lowest BCUT2D eigenvalue weighted by Gasteiger charge is -2.14. The highest BCUT2D eigenvalue weighted by Crippen LogP contribution is 2.16. The average molecular weight is 255 g/mol. The zero-order valence-electron chi connectivity index (χ0n) is 10.9. The zero-order valence-corrected chi connectivity index (χ0v) is 10.9. The average Bonchev–Trinajstić information content (AvgIpc) is 3.05. The smallest absolute Gasteiger partial charge is 0.127 e. The molecule has 0 saturated carbocycles. The van der Waals surface area contributed by atoms with Crippen molar-refractivity contribution in [3.63, 3.8) is 0 Å². The highest BCUT2D eigenvalue weighted by Gasteiger charge is 2.13. The van der Waals surface area contributed by atoms with Crippen molar-refractivity contribution in [2.75, 3.05) is 0 Å². The number of aryl methyl sites for hydroxylation is 1. The first-order valence-corrected chi connectivity index (χ1v) is 6.46. The van der Waals surface area contributed by atoms with Crippen LogP contribution in [0.15, 0.2) is 43.0 Å². The number of benzene rings is 1. The van der Waals surface area contributed by atoms with Crippen LogP contribution in [0.2, 0.25) is 0 Å². The molecule has 0 fully saturated rings. The number of hydrogen-bond donors (Lipinski definition) is 1. The van der Waals surface area contributed by atoms with E-state index in [-0.39, 0.29) is 6.04 Å². The summed E-state index contributed by atoms with van der Waals surface area (Å²) < 4.78 is 4.15. The highest BCUT2D eigenvalue weighted by atomic mass is 15.1. The van der Waals surface area contributed by atoms with E-state index >= 15 is 0 Å². The molecule has 0 bridgehead atoms. The van der Waals surface area contributed by atoms with Gasteiger partial charge in [0.05, 0.1) is 23.4 Å². The van der Waals surface area contributed by atoms with E-state index in [0.717, 1.165) is 23.4 Å². The van der Waals surface area contributed by atoms with Gasteiger partial charge in [-0.05, 0) is 19.1 Å². The van der Waals surface area contributed by atoms with Crippen molar-refractivity contribution in [1.29, 1.82) is 0 Å². The summed E-state index contributed by atoms with van der Waals surface area (Å²) in [6.45, 7) is 3.65. The van der Waals surface area contributed by atoms with E-state index in [9.17, 15) is 0 Å². The van der Waals surface area contributed by atoms with Crippen LogP contribution in [0, 0.1) is 0 Å². The Morgan fingerprint density at radius 2 is 2.05 bits per heavy atom. The maximum absolute atomic E-state index is 6.27. The van der Waals surface area contributed by atoms with Gasteiger partial charge in [-0.25, -0.2) is 9.97 Å². The van der Waals surface area contributed by atoms with Gasteiger partial charge in [0.25, 0.3) is 0 Å². The molecule has 98 valence electrons. The molecule has 1 atom stereocenters. The minimum Gasteiger partial charge on any atom is -0.334 e. The summed E-state index contributed by atoms with van der Waals surface area (Å²) in [5.41, 5.74) is 8.36. The van der Waals surface area contributed by atoms with Crippen molar-refractivity contribution in [3.8, 4) is 0 Å². The van der Waals surface area contributed by atoms with E-state index in [1.54, 1.807) is 6.20 Å². The lowest BCUT2D eigenvalue weighted by atomic mass is 10.2. The van der Waals surface area contributed by atoms with E-state index in [0.29, 0.717) is 6.54 Å². The molecule has 0 spiro atoms. The lowest BCUT2D eigenvalue weighted by molar-refractivity contribution is 0.530. The fraction of sp³-hybridized carbons (Fsp3) is 0.286. The molecule has 5 heteroatoms. The number of nitrogens with two attached hydrogens (primary N) is 1. The molecular weight excluding hydrogens is 238 g/mol. The first-order valence-electron chi connectivity index (χ1n) is 6.46. The van der Waals surface area contributed by atoms with Gasteiger partial charge >= 0.3 is 0 Å². The summed E-state index contributed by atoms with van der Waals surface area (Å²) in [5.74, 6) is 0.917. The lowest BCUT2D eigenvalue weighted by Crippen LogP contribution is -2.21. The molecule has 2 heterocycles. The van der Waals surface area contributed by atoms with Crippen LogP contribution in [-0.2, 0) is 13.1 Å². The van der Waals surface area contributed by atoms with Gasteiger partial charge in [0.2, 0.25) is 0 Å². The van der Waals surface area contributed by atoms with Crippen molar-refractivity contribution in [2.45, 2.75) is 26.1 Å². The normalized spacial score (nSPS) is 12.9. The van der Waals surface area contributed by atoms with E-state index in [2.05, 4.69) is 32.1 Å². The van der Waals surface area contributed by atoms with Crippen LogP contribution in [0.1, 0.15) is 18.8 Å². The molecule has 0 saturated heterocycles. The van der Waals surface area contributed by atoms with Gasteiger partial charge in [0, 0.05) is 25.5 Å². The number of rotatable bonds is 4. The maximum atomic E-state index is 6.27. The monoisotopic (exact) mass is 255 g/mol. The predicted octanol–water partition coefficient (Wildman–Crippen LogP) is 1.95. The Morgan fingerprint density at radius 1 is 1.21 bits per heavy atom. The van der Waals surface area contributed by atoms with Crippen LogP contribution in [0.4, 0.5) is 0 Å². The first-order chi connectivity index (χ1) is 9.29. The second kappa shape index (κ2) is 4.85. The third-order valence-electron chi connectivity index (χ3n) is 3.34. The highest BCUT2D eigenvalue weighted by molar-refractivity contribution is 5.74. The number of hydrogen-bond acceptors (Lipinski definition) is 3. The topological polar surface area (TPSA) is 61.7 Å². The van der Waals surface area contributed by atoms with E-state index in [1.807, 2.05) is 30.7 Å². The Labute approximate surface area is 111 Å². The molecule has 1 unspecified atom stereocenters. The molecular formula is C14H17N5. The summed E-state index contributed by atoms with van der Waals surface area (Å²) in [5, 5.41) is 0. The number of imidazole rings is 2. The van der Waals surface area contributed by atoms with E-state index in [1.165, 1.54) is 0 Å². The van der Waals surface area contributed by atoms with Crippen molar-refractivity contribution in [1.82, 2.24) is 19.1 Å². The summed E-state index contributed by atoms with van der Waals surface area (Å²) in [6.07, 6.45) is 5.59. The van der Waals surface area contributed by atoms with Gasteiger partial charge in [0.15, 0.2) is 0 Å². The van der Waals surface area contributed by atoms with Gasteiger partial charge < -0.3 is 14.9 Å². The zero-order chi connectivity index (χ0) is 13.2. The van der Waals surface area contributed by atoms with Crippen LogP contribution in [0.5, 0.6) is 0 Å². The Kier molecular flexibility index (Phi) is 3.05. The Balaban J connectivity index is 1.89. The largest absolute Gasteiger partial charge is 0.334 e. The molecule has 1 aromatic carbocycles. The fourth-order valence-corrected chi connectivity index (χ4v) is 2.37. The van der Waals surface area contributed by atoms with Crippen LogP contribution < -0.4 is 5.73 Å². The van der Waals surface area contributed by atoms with Crippen molar-refractivity contribution >= 4 is 11.0 Å². The molecule has 0 amide bonds. The van der Waals surface area contributed by atoms with Crippen molar-refractivity contribution in [3.05, 3.63) is 48.8 Å². The second-order valence-corrected chi connectivity index (χ2v) is 4.56. The molecule has 3 aromatic rings. The van der Waals surface area contributed by atoms with Gasteiger partial charge in [0.1, 0.15) is 5.82 Å². The molecule has 3 rings (SSSR count). The van der Waals surface area contributed by atoms with Gasteiger partial charge in [-0.1, -0.05) is 12.1 Å². The second-order valence-electron chi connectivity index (χ2n) is 4.56. The molecule has 2 N–H and O–H groups in total. The third kappa shape index (κ3) is 2.13. The summed E-state index contributed by atoms with van der Waals surface area (Å²) >= 11 is 0. The maximum Gasteiger partial charge on any atom is 0.127 e. The number of fused-ring (bicyclic) bond motifs is 1. The predicted molar refractivity (Wildman–Crippen MR) is 74.6 cm³/mol. The van der Waals surface area contributed by atoms with Crippen molar-refractivity contribution in [2.24, 2.45) is 5.73 Å². The summed E-state index contributed by atoms with van der Waals surface area (Å²) in [6, 6.07) is 7.93. The van der Waals surface area contributed by atoms with Gasteiger partial charge in [-0.2, -0.15) is 0 Å². The minimum atomic E-state index is -0.132. The minimum absolute atomic E-state index is 0.132.